The third-order valence-electron chi connectivity index (χ3n) is 12.8. The summed E-state index contributed by atoms with van der Waals surface area (Å²) in [4.78, 5) is 74.6. The summed E-state index contributed by atoms with van der Waals surface area (Å²) in [5.41, 5.74) is -2.90. The number of ether oxygens (including phenoxy) is 5. The summed E-state index contributed by atoms with van der Waals surface area (Å²) in [7, 11) is 2.61. The van der Waals surface area contributed by atoms with Crippen LogP contribution >= 0.6 is 0 Å². The maximum atomic E-state index is 15.1. The highest BCUT2D eigenvalue weighted by molar-refractivity contribution is 6.38. The minimum absolute atomic E-state index is 0. The average Bonchev–Trinajstić information content (AvgIpc) is 3.49. The molecular weight excluding hydrogens is 1110 g/mol. The predicted octanol–water partition coefficient (Wildman–Crippen LogP) is 5.37. The van der Waals surface area contributed by atoms with Crippen LogP contribution in [0, 0.1) is 29.1 Å². The summed E-state index contributed by atoms with van der Waals surface area (Å²) >= 11 is 0. The molecule has 0 amide bonds. The van der Waals surface area contributed by atoms with Crippen molar-refractivity contribution in [3.63, 3.8) is 0 Å². The number of hydrogen-bond acceptors (Lipinski definition) is 18. The van der Waals surface area contributed by atoms with E-state index in [-0.39, 0.29) is 121 Å². The van der Waals surface area contributed by atoms with Gasteiger partial charge in [-0.15, -0.1) is 0 Å². The molecule has 3 saturated carbocycles. The van der Waals surface area contributed by atoms with E-state index >= 15 is 4.39 Å². The van der Waals surface area contributed by atoms with Gasteiger partial charge in [-0.1, -0.05) is 7.43 Å². The molecule has 0 spiro atoms. The minimum atomic E-state index is -3.40. The van der Waals surface area contributed by atoms with Crippen molar-refractivity contribution in [2.75, 3.05) is 93.1 Å². The van der Waals surface area contributed by atoms with Crippen LogP contribution in [0.25, 0.3) is 32.7 Å². The number of pyridine rings is 3. The Morgan fingerprint density at radius 2 is 0.878 bits per heavy atom. The standard InChI is InChI=1S/C19H23FN2O6.C15H13F2NO4.C14H10BF4NO4.C4H11NO2.CH4/c1-27-18-15-12(9-14(20)16(18)21(5-7-23)6-8-24)17(25)13(19(26)28-2)10-22(15)11-3-4-11;1-21-14-11(17)10(16)5-8-12(14)18(7-3-4-7)6-9(13(8)19)15(20)22-2;1-23-13-10(17)9(16)4-7-11(13)20(6-2-3-6)5-8(12(7)21)14(22)24-15(18)19;6-3-1-5-2-4-7;/h9-11,23-24H,3-8H2,1-2H3;5-7H,3-4H2,1-2H3;4-6H,2-3H2,1H3;5-7H,1-4H2;1H4. The number of aliphatic hydroxyl groups is 4. The molecule has 82 heavy (non-hydrogen) atoms. The van der Waals surface area contributed by atoms with E-state index in [9.17, 15) is 65.2 Å². The lowest BCUT2D eigenvalue weighted by atomic mass is 10.1. The molecule has 3 heterocycles. The molecule has 21 nitrogen and oxygen atoms in total. The summed E-state index contributed by atoms with van der Waals surface area (Å²) in [6.45, 7) is 1.07. The Labute approximate surface area is 463 Å². The first-order valence-electron chi connectivity index (χ1n) is 25.0. The van der Waals surface area contributed by atoms with Crippen LogP contribution < -0.4 is 40.7 Å². The molecule has 0 bridgehead atoms. The third-order valence-corrected chi connectivity index (χ3v) is 12.8. The highest BCUT2D eigenvalue weighted by Crippen LogP contribution is 2.45. The van der Waals surface area contributed by atoms with Crippen LogP contribution in [-0.2, 0) is 14.1 Å². The third kappa shape index (κ3) is 14.1. The van der Waals surface area contributed by atoms with Crippen LogP contribution in [0.3, 0.4) is 0 Å². The lowest BCUT2D eigenvalue weighted by Crippen LogP contribution is -2.31. The van der Waals surface area contributed by atoms with Crippen molar-refractivity contribution in [1.82, 2.24) is 19.0 Å². The number of nitrogens with zero attached hydrogens (tertiary/aromatic N) is 4. The van der Waals surface area contributed by atoms with E-state index in [1.807, 2.05) is 0 Å². The van der Waals surface area contributed by atoms with Crippen LogP contribution in [0.2, 0.25) is 0 Å². The van der Waals surface area contributed by atoms with Gasteiger partial charge in [0, 0.05) is 62.9 Å². The fourth-order valence-electron chi connectivity index (χ4n) is 8.75. The van der Waals surface area contributed by atoms with Crippen molar-refractivity contribution >= 4 is 63.8 Å². The number of carbonyl (C=O) groups excluding carboxylic acids is 3. The second kappa shape index (κ2) is 28.8. The topological polar surface area (TPSA) is 269 Å². The van der Waals surface area contributed by atoms with Gasteiger partial charge < -0.3 is 72.7 Å². The van der Waals surface area contributed by atoms with E-state index in [4.69, 9.17) is 29.2 Å². The van der Waals surface area contributed by atoms with Crippen molar-refractivity contribution < 1.29 is 93.7 Å². The zero-order chi connectivity index (χ0) is 59.6. The minimum Gasteiger partial charge on any atom is -0.492 e. The number of esters is 2. The van der Waals surface area contributed by atoms with E-state index < -0.39 is 82.1 Å². The Morgan fingerprint density at radius 1 is 0.549 bits per heavy atom. The number of aromatic nitrogens is 3. The second-order valence-electron chi connectivity index (χ2n) is 18.2. The van der Waals surface area contributed by atoms with Gasteiger partial charge in [0.25, 0.3) is 0 Å². The SMILES string of the molecule is C.COC(=O)c1cn(C2CC2)c2c(OC)c(F)c(F)cc2c1=O.COC(=O)c1cn(C2CC2)c2c(OC)c(N(CCO)CCO)c(F)cc2c1=O.COc1c(F)c(F)cc2c(=O)c(C(=O)OB(F)F)cn(C3CC3)c12.OCCNCCO. The van der Waals surface area contributed by atoms with E-state index in [0.29, 0.717) is 37.5 Å². The second-order valence-corrected chi connectivity index (χ2v) is 18.2. The largest absolute Gasteiger partial charge is 0.798 e. The molecule has 6 aromatic rings. The Kier molecular flexibility index (Phi) is 22.9. The molecule has 9 rings (SSSR count). The molecule has 3 aromatic heterocycles. The Balaban J connectivity index is 0.000000213. The van der Waals surface area contributed by atoms with Gasteiger partial charge >= 0.3 is 25.4 Å². The maximum Gasteiger partial charge on any atom is 0.798 e. The number of halogens is 7. The van der Waals surface area contributed by atoms with Gasteiger partial charge in [0.1, 0.15) is 22.4 Å². The fourth-order valence-corrected chi connectivity index (χ4v) is 8.75. The van der Waals surface area contributed by atoms with E-state index in [2.05, 4.69) is 14.7 Å². The van der Waals surface area contributed by atoms with Crippen molar-refractivity contribution in [1.29, 1.82) is 0 Å². The summed E-state index contributed by atoms with van der Waals surface area (Å²) in [5.74, 6) is -9.56. The number of benzene rings is 3. The first-order chi connectivity index (χ1) is 38.7. The molecule has 0 aliphatic heterocycles. The molecule has 5 N–H and O–H groups in total. The van der Waals surface area contributed by atoms with Crippen LogP contribution in [0.5, 0.6) is 17.2 Å². The van der Waals surface area contributed by atoms with Gasteiger partial charge in [-0.2, -0.15) is 8.78 Å². The van der Waals surface area contributed by atoms with Gasteiger partial charge in [-0.25, -0.2) is 36.2 Å². The van der Waals surface area contributed by atoms with Crippen LogP contribution in [0.1, 0.15) is 95.2 Å². The number of hydrogen-bond donors (Lipinski definition) is 5. The molecule has 0 unspecified atom stereocenters. The number of methoxy groups -OCH3 is 5. The van der Waals surface area contributed by atoms with Gasteiger partial charge in [0.2, 0.25) is 27.9 Å². The fraction of sp³-hybridized carbons (Fsp3) is 0.434. The van der Waals surface area contributed by atoms with E-state index in [1.54, 1.807) is 9.13 Å². The Hall–Kier alpha value is -7.73. The van der Waals surface area contributed by atoms with E-state index in [1.165, 1.54) is 43.2 Å². The van der Waals surface area contributed by atoms with Crippen molar-refractivity contribution in [3.8, 4) is 17.2 Å². The van der Waals surface area contributed by atoms with Crippen LogP contribution in [0.4, 0.5) is 36.3 Å². The highest BCUT2D eigenvalue weighted by Gasteiger charge is 2.35. The van der Waals surface area contributed by atoms with Gasteiger partial charge in [-0.3, -0.25) is 14.4 Å². The monoisotopic (exact) mass is 1170 g/mol. The molecule has 29 heteroatoms. The summed E-state index contributed by atoms with van der Waals surface area (Å²) in [5, 5.41) is 37.3. The highest BCUT2D eigenvalue weighted by atomic mass is 19.2. The molecule has 0 atom stereocenters. The lowest BCUT2D eigenvalue weighted by molar-refractivity contribution is 0.0589. The number of anilines is 1. The van der Waals surface area contributed by atoms with Crippen molar-refractivity contribution in [2.24, 2.45) is 0 Å². The summed E-state index contributed by atoms with van der Waals surface area (Å²) in [6.07, 6.45) is 8.47. The first-order valence-corrected chi connectivity index (χ1v) is 25.0. The smallest absolute Gasteiger partial charge is 0.492 e. The summed E-state index contributed by atoms with van der Waals surface area (Å²) in [6, 6.07) is 2.38. The molecule has 446 valence electrons. The van der Waals surface area contributed by atoms with Gasteiger partial charge in [-0.05, 0) is 56.7 Å². The first kappa shape index (κ1) is 65.1. The van der Waals surface area contributed by atoms with Gasteiger partial charge in [0.15, 0.2) is 34.7 Å². The molecule has 3 fully saturated rings. The molecular formula is C53H61BF7N5O16. The lowest BCUT2D eigenvalue weighted by Gasteiger charge is -2.27. The maximum absolute atomic E-state index is 15.1. The molecule has 0 radical (unpaired) electrons. The van der Waals surface area contributed by atoms with Crippen molar-refractivity contribution in [2.45, 2.75) is 64.1 Å². The normalized spacial score (nSPS) is 13.3. The zero-order valence-corrected chi connectivity index (χ0v) is 44.3. The Morgan fingerprint density at radius 3 is 1.17 bits per heavy atom. The number of aliphatic hydroxyl groups excluding tert-OH is 4. The van der Waals surface area contributed by atoms with E-state index in [0.717, 1.165) is 58.2 Å². The predicted molar refractivity (Wildman–Crippen MR) is 285 cm³/mol. The Bertz CT molecular complexity index is 3490. The number of nitrogens with one attached hydrogen (secondary N) is 1. The van der Waals surface area contributed by atoms with Crippen molar-refractivity contribution in [3.05, 3.63) is 113 Å². The van der Waals surface area contributed by atoms with Crippen LogP contribution in [-0.4, -0.2) is 148 Å². The number of carbonyl (C=O) groups is 3. The quantitative estimate of drug-likeness (QED) is 0.0295. The molecule has 3 aliphatic rings. The number of fused-ring (bicyclic) bond motifs is 3. The van der Waals surface area contributed by atoms with Crippen LogP contribution in [0.15, 0.2) is 51.2 Å². The van der Waals surface area contributed by atoms with Gasteiger partial charge in [0.05, 0.1) is 94.7 Å². The molecule has 3 aromatic carbocycles. The zero-order valence-electron chi connectivity index (χ0n) is 44.3. The molecule has 3 aliphatic carbocycles. The number of rotatable bonds is 19. The average molecular weight is 1170 g/mol. The molecule has 0 saturated heterocycles. The summed E-state index contributed by atoms with van der Waals surface area (Å²) < 4.78 is 128.